The van der Waals surface area contributed by atoms with E-state index in [1.807, 2.05) is 0 Å². The Bertz CT molecular complexity index is 458. The molecule has 7 heteroatoms. The van der Waals surface area contributed by atoms with Crippen molar-refractivity contribution in [2.45, 2.75) is 44.3 Å². The Kier molecular flexibility index (Phi) is 3.75. The summed E-state index contributed by atoms with van der Waals surface area (Å²) in [7, 11) is 0. The highest BCUT2D eigenvalue weighted by Crippen LogP contribution is 2.40. The van der Waals surface area contributed by atoms with Gasteiger partial charge in [0, 0.05) is 0 Å². The minimum atomic E-state index is -4.82. The molecule has 1 heterocycles. The lowest BCUT2D eigenvalue weighted by atomic mass is 9.99. The second-order valence-corrected chi connectivity index (χ2v) is 4.85. The Morgan fingerprint density at radius 3 is 1.75 bits per heavy atom. The summed E-state index contributed by atoms with van der Waals surface area (Å²) in [4.78, 5) is 0. The lowest BCUT2D eigenvalue weighted by Gasteiger charge is -2.17. The number of ether oxygens (including phenoxy) is 1. The maximum atomic E-state index is 12.7. The van der Waals surface area contributed by atoms with E-state index < -0.39 is 29.6 Å². The van der Waals surface area contributed by atoms with Gasteiger partial charge in [-0.1, -0.05) is 0 Å². The van der Waals surface area contributed by atoms with Crippen LogP contribution in [0.5, 0.6) is 0 Å². The molecule has 112 valence electrons. The molecule has 1 aliphatic rings. The van der Waals surface area contributed by atoms with Crippen LogP contribution in [0.1, 0.15) is 42.6 Å². The van der Waals surface area contributed by atoms with Crippen molar-refractivity contribution < 1.29 is 31.1 Å². The summed E-state index contributed by atoms with van der Waals surface area (Å²) in [5.41, 5.74) is -2.67. The first-order chi connectivity index (χ1) is 9.07. The van der Waals surface area contributed by atoms with Crippen molar-refractivity contribution in [1.29, 1.82) is 0 Å². The second kappa shape index (κ2) is 4.95. The normalized spacial score (nSPS) is 24.1. The molecule has 20 heavy (non-hydrogen) atoms. The van der Waals surface area contributed by atoms with Crippen LogP contribution in [-0.2, 0) is 17.1 Å². The summed E-state index contributed by atoms with van der Waals surface area (Å²) in [5.74, 6) is 0. The topological polar surface area (TPSA) is 9.23 Å². The van der Waals surface area contributed by atoms with Gasteiger partial charge in [0.15, 0.2) is 0 Å². The molecule has 0 bridgehead atoms. The summed E-state index contributed by atoms with van der Waals surface area (Å²) in [6.07, 6.45) is -9.49. The van der Waals surface area contributed by atoms with E-state index in [4.69, 9.17) is 4.74 Å². The quantitative estimate of drug-likeness (QED) is 0.666. The average Bonchev–Trinajstić information content (AvgIpc) is 2.73. The zero-order valence-corrected chi connectivity index (χ0v) is 10.5. The van der Waals surface area contributed by atoms with Gasteiger partial charge < -0.3 is 4.74 Å². The molecular formula is C13H12F6O. The third-order valence-electron chi connectivity index (χ3n) is 3.21. The second-order valence-electron chi connectivity index (χ2n) is 4.85. The van der Waals surface area contributed by atoms with Crippen molar-refractivity contribution in [3.8, 4) is 0 Å². The molecule has 1 aromatic carbocycles. The highest BCUT2D eigenvalue weighted by Gasteiger charge is 2.38. The Balaban J connectivity index is 2.46. The maximum Gasteiger partial charge on any atom is 0.416 e. The van der Waals surface area contributed by atoms with E-state index in [1.54, 1.807) is 6.92 Å². The van der Waals surface area contributed by atoms with Crippen LogP contribution in [0, 0.1) is 0 Å². The predicted molar refractivity (Wildman–Crippen MR) is 59.0 cm³/mol. The fourth-order valence-electron chi connectivity index (χ4n) is 2.21. The van der Waals surface area contributed by atoms with Gasteiger partial charge >= 0.3 is 12.4 Å². The molecule has 0 amide bonds. The van der Waals surface area contributed by atoms with Gasteiger partial charge in [0.05, 0.1) is 23.3 Å². The molecule has 1 fully saturated rings. The number of hydrogen-bond acceptors (Lipinski definition) is 1. The Hall–Kier alpha value is -1.24. The molecule has 2 atom stereocenters. The zero-order valence-electron chi connectivity index (χ0n) is 10.5. The number of benzene rings is 1. The van der Waals surface area contributed by atoms with Crippen molar-refractivity contribution in [3.05, 3.63) is 34.9 Å². The van der Waals surface area contributed by atoms with Gasteiger partial charge in [0.25, 0.3) is 0 Å². The van der Waals surface area contributed by atoms with Gasteiger partial charge in [-0.2, -0.15) is 26.3 Å². The molecule has 0 saturated carbocycles. The lowest BCUT2D eigenvalue weighted by Crippen LogP contribution is -2.13. The first kappa shape index (κ1) is 15.2. The van der Waals surface area contributed by atoms with Crippen LogP contribution in [0.15, 0.2) is 18.2 Å². The smallest absolute Gasteiger partial charge is 0.371 e. The van der Waals surface area contributed by atoms with E-state index in [-0.39, 0.29) is 17.7 Å². The van der Waals surface area contributed by atoms with Gasteiger partial charge in [0.2, 0.25) is 0 Å². The fourth-order valence-corrected chi connectivity index (χ4v) is 2.21. The predicted octanol–water partition coefficient (Wildman–Crippen LogP) is 4.96. The maximum absolute atomic E-state index is 12.7. The third kappa shape index (κ3) is 3.26. The minimum absolute atomic E-state index is 0.0727. The van der Waals surface area contributed by atoms with E-state index >= 15 is 0 Å². The summed E-state index contributed by atoms with van der Waals surface area (Å²) < 4.78 is 81.5. The standard InChI is InChI=1S/C13H12F6O/c1-7-2-3-11(20-7)8-4-9(12(14,15)16)6-10(5-8)13(17,18)19/h4-7,11H,2-3H2,1H3/t7-,11-/m1/s1. The van der Waals surface area contributed by atoms with Crippen LogP contribution in [0.4, 0.5) is 26.3 Å². The summed E-state index contributed by atoms with van der Waals surface area (Å²) in [5, 5.41) is 0. The molecule has 2 rings (SSSR count). The van der Waals surface area contributed by atoms with Gasteiger partial charge in [0.1, 0.15) is 0 Å². The highest BCUT2D eigenvalue weighted by molar-refractivity contribution is 5.35. The van der Waals surface area contributed by atoms with Gasteiger partial charge in [-0.05, 0) is 43.5 Å². The van der Waals surface area contributed by atoms with Gasteiger partial charge in [-0.3, -0.25) is 0 Å². The van der Waals surface area contributed by atoms with E-state index in [9.17, 15) is 26.3 Å². The first-order valence-corrected chi connectivity index (χ1v) is 6.02. The molecule has 0 spiro atoms. The Morgan fingerprint density at radius 2 is 1.40 bits per heavy atom. The molecular weight excluding hydrogens is 286 g/mol. The Morgan fingerprint density at radius 1 is 0.900 bits per heavy atom. The zero-order chi connectivity index (χ0) is 15.1. The molecule has 0 unspecified atom stereocenters. The molecule has 1 nitrogen and oxygen atoms in total. The fraction of sp³-hybridized carbons (Fsp3) is 0.538. The van der Waals surface area contributed by atoms with E-state index in [0.29, 0.717) is 12.8 Å². The van der Waals surface area contributed by atoms with Crippen molar-refractivity contribution in [2.24, 2.45) is 0 Å². The first-order valence-electron chi connectivity index (χ1n) is 6.02. The SMILES string of the molecule is C[C@@H]1CC[C@H](c2cc(C(F)(F)F)cc(C(F)(F)F)c2)O1. The van der Waals surface area contributed by atoms with Crippen LogP contribution in [0.2, 0.25) is 0 Å². The van der Waals surface area contributed by atoms with E-state index in [2.05, 4.69) is 0 Å². The van der Waals surface area contributed by atoms with Gasteiger partial charge in [-0.25, -0.2) is 0 Å². The van der Waals surface area contributed by atoms with Crippen molar-refractivity contribution >= 4 is 0 Å². The van der Waals surface area contributed by atoms with Crippen molar-refractivity contribution in [3.63, 3.8) is 0 Å². The van der Waals surface area contributed by atoms with Crippen LogP contribution >= 0.6 is 0 Å². The Labute approximate surface area is 111 Å². The van der Waals surface area contributed by atoms with Crippen LogP contribution in [0.3, 0.4) is 0 Å². The number of alkyl halides is 6. The largest absolute Gasteiger partial charge is 0.416 e. The number of rotatable bonds is 1. The van der Waals surface area contributed by atoms with E-state index in [1.165, 1.54) is 0 Å². The van der Waals surface area contributed by atoms with Crippen molar-refractivity contribution in [1.82, 2.24) is 0 Å². The van der Waals surface area contributed by atoms with Gasteiger partial charge in [-0.15, -0.1) is 0 Å². The molecule has 1 saturated heterocycles. The van der Waals surface area contributed by atoms with Crippen molar-refractivity contribution in [2.75, 3.05) is 0 Å². The number of halogens is 6. The molecule has 1 aromatic rings. The molecule has 1 aliphatic heterocycles. The summed E-state index contributed by atoms with van der Waals surface area (Å²) in [6.45, 7) is 1.73. The minimum Gasteiger partial charge on any atom is -0.371 e. The lowest BCUT2D eigenvalue weighted by molar-refractivity contribution is -0.143. The van der Waals surface area contributed by atoms with Crippen LogP contribution in [-0.4, -0.2) is 6.10 Å². The molecule has 0 radical (unpaired) electrons. The summed E-state index contributed by atoms with van der Waals surface area (Å²) in [6, 6.07) is 1.60. The average molecular weight is 298 g/mol. The van der Waals surface area contributed by atoms with E-state index in [0.717, 1.165) is 12.1 Å². The van der Waals surface area contributed by atoms with Crippen LogP contribution in [0.25, 0.3) is 0 Å². The summed E-state index contributed by atoms with van der Waals surface area (Å²) >= 11 is 0. The molecule has 0 aromatic heterocycles. The third-order valence-corrected chi connectivity index (χ3v) is 3.21. The number of hydrogen-bond donors (Lipinski definition) is 0. The molecule has 0 N–H and O–H groups in total. The molecule has 0 aliphatic carbocycles. The van der Waals surface area contributed by atoms with Crippen LogP contribution < -0.4 is 0 Å². The monoisotopic (exact) mass is 298 g/mol. The highest BCUT2D eigenvalue weighted by atomic mass is 19.4.